The first-order valence-corrected chi connectivity index (χ1v) is 9.92. The predicted octanol–water partition coefficient (Wildman–Crippen LogP) is 5.99. The molecule has 0 amide bonds. The molecule has 0 radical (unpaired) electrons. The van der Waals surface area contributed by atoms with Crippen LogP contribution in [0.3, 0.4) is 0 Å². The maximum absolute atomic E-state index is 11.6. The number of rotatable bonds is 17. The molecule has 0 heterocycles. The molecule has 0 unspecified atom stereocenters. The summed E-state index contributed by atoms with van der Waals surface area (Å²) in [6.07, 6.45) is 16.8. The molecule has 0 atom stereocenters. The van der Waals surface area contributed by atoms with E-state index in [0.717, 1.165) is 32.1 Å². The van der Waals surface area contributed by atoms with Gasteiger partial charge in [-0.15, -0.1) is 0 Å². The third-order valence-corrected chi connectivity index (χ3v) is 4.22. The summed E-state index contributed by atoms with van der Waals surface area (Å²) in [4.78, 5) is 23.2. The first-order valence-electron chi connectivity index (χ1n) is 9.92. The predicted molar refractivity (Wildman–Crippen MR) is 96.6 cm³/mol. The van der Waals surface area contributed by atoms with E-state index in [9.17, 15) is 9.59 Å². The summed E-state index contributed by atoms with van der Waals surface area (Å²) >= 11 is 0. The lowest BCUT2D eigenvalue weighted by Crippen LogP contribution is -2.17. The molecule has 0 spiro atoms. The third-order valence-electron chi connectivity index (χ3n) is 4.22. The summed E-state index contributed by atoms with van der Waals surface area (Å²) < 4.78 is 5.06. The van der Waals surface area contributed by atoms with Crippen LogP contribution in [0.4, 0.5) is 0 Å². The SMILES string of the molecule is CCCCCCCCCCOC(=O)C(=O)CCCCCCCC. The van der Waals surface area contributed by atoms with Crippen LogP contribution >= 0.6 is 0 Å². The van der Waals surface area contributed by atoms with Gasteiger partial charge in [0.25, 0.3) is 0 Å². The molecule has 0 aromatic carbocycles. The van der Waals surface area contributed by atoms with Crippen molar-refractivity contribution in [3.05, 3.63) is 0 Å². The zero-order valence-electron chi connectivity index (χ0n) is 15.5. The molecular formula is C20H38O3. The molecule has 0 aliphatic carbocycles. The molecule has 0 bridgehead atoms. The number of esters is 1. The number of ketones is 1. The van der Waals surface area contributed by atoms with E-state index in [1.807, 2.05) is 0 Å². The molecule has 0 fully saturated rings. The molecule has 0 aromatic heterocycles. The zero-order valence-corrected chi connectivity index (χ0v) is 15.5. The van der Waals surface area contributed by atoms with Crippen LogP contribution in [0, 0.1) is 0 Å². The van der Waals surface area contributed by atoms with Gasteiger partial charge in [0.15, 0.2) is 0 Å². The number of carbonyl (C=O) groups is 2. The van der Waals surface area contributed by atoms with Crippen molar-refractivity contribution in [3.63, 3.8) is 0 Å². The highest BCUT2D eigenvalue weighted by molar-refractivity contribution is 6.33. The normalized spacial score (nSPS) is 10.7. The Kier molecular flexibility index (Phi) is 16.8. The summed E-state index contributed by atoms with van der Waals surface area (Å²) in [5, 5.41) is 0. The molecule has 136 valence electrons. The zero-order chi connectivity index (χ0) is 17.2. The van der Waals surface area contributed by atoms with Gasteiger partial charge in [0.05, 0.1) is 6.61 Å². The van der Waals surface area contributed by atoms with Crippen LogP contribution in [0.25, 0.3) is 0 Å². The van der Waals surface area contributed by atoms with Gasteiger partial charge in [-0.1, -0.05) is 90.9 Å². The Bertz CT molecular complexity index is 287. The Morgan fingerprint density at radius 3 is 1.57 bits per heavy atom. The van der Waals surface area contributed by atoms with Gasteiger partial charge in [-0.2, -0.15) is 0 Å². The van der Waals surface area contributed by atoms with Crippen molar-refractivity contribution in [2.75, 3.05) is 6.61 Å². The Balaban J connectivity index is 3.35. The quantitative estimate of drug-likeness (QED) is 0.187. The van der Waals surface area contributed by atoms with Gasteiger partial charge in [0, 0.05) is 6.42 Å². The fraction of sp³-hybridized carbons (Fsp3) is 0.900. The van der Waals surface area contributed by atoms with Crippen molar-refractivity contribution in [3.8, 4) is 0 Å². The van der Waals surface area contributed by atoms with Crippen LogP contribution in [0.5, 0.6) is 0 Å². The summed E-state index contributed by atoms with van der Waals surface area (Å²) in [5.74, 6) is -0.971. The summed E-state index contributed by atoms with van der Waals surface area (Å²) in [5.41, 5.74) is 0. The number of unbranched alkanes of at least 4 members (excludes halogenated alkanes) is 12. The van der Waals surface area contributed by atoms with E-state index in [1.54, 1.807) is 0 Å². The van der Waals surface area contributed by atoms with E-state index in [1.165, 1.54) is 57.8 Å². The van der Waals surface area contributed by atoms with Crippen molar-refractivity contribution in [2.24, 2.45) is 0 Å². The van der Waals surface area contributed by atoms with Crippen molar-refractivity contribution < 1.29 is 14.3 Å². The van der Waals surface area contributed by atoms with E-state index in [4.69, 9.17) is 4.74 Å². The van der Waals surface area contributed by atoms with Crippen LogP contribution < -0.4 is 0 Å². The van der Waals surface area contributed by atoms with E-state index < -0.39 is 5.97 Å². The van der Waals surface area contributed by atoms with Gasteiger partial charge >= 0.3 is 5.97 Å². The molecule has 3 nitrogen and oxygen atoms in total. The highest BCUT2D eigenvalue weighted by Gasteiger charge is 2.14. The molecule has 3 heteroatoms. The molecule has 0 aliphatic heterocycles. The Morgan fingerprint density at radius 1 is 0.609 bits per heavy atom. The van der Waals surface area contributed by atoms with Crippen molar-refractivity contribution in [1.29, 1.82) is 0 Å². The average Bonchev–Trinajstić information content (AvgIpc) is 2.56. The van der Waals surface area contributed by atoms with E-state index in [2.05, 4.69) is 13.8 Å². The second-order valence-electron chi connectivity index (χ2n) is 6.55. The molecule has 0 aliphatic rings. The standard InChI is InChI=1S/C20H38O3/c1-3-5-7-9-11-12-14-16-18-23-20(22)19(21)17-15-13-10-8-6-4-2/h3-18H2,1-2H3. The lowest BCUT2D eigenvalue weighted by molar-refractivity contribution is -0.154. The van der Waals surface area contributed by atoms with Crippen molar-refractivity contribution in [1.82, 2.24) is 0 Å². The van der Waals surface area contributed by atoms with Crippen LogP contribution in [0.1, 0.15) is 110 Å². The summed E-state index contributed by atoms with van der Waals surface area (Å²) in [7, 11) is 0. The Labute approximate surface area is 143 Å². The molecule has 0 rings (SSSR count). The lowest BCUT2D eigenvalue weighted by atomic mass is 10.1. The summed E-state index contributed by atoms with van der Waals surface area (Å²) in [6.45, 7) is 4.81. The van der Waals surface area contributed by atoms with E-state index in [0.29, 0.717) is 13.0 Å². The van der Waals surface area contributed by atoms with Crippen molar-refractivity contribution >= 4 is 11.8 Å². The number of hydrogen-bond acceptors (Lipinski definition) is 3. The number of carbonyl (C=O) groups excluding carboxylic acids is 2. The molecule has 0 saturated heterocycles. The highest BCUT2D eigenvalue weighted by Crippen LogP contribution is 2.09. The highest BCUT2D eigenvalue weighted by atomic mass is 16.5. The van der Waals surface area contributed by atoms with Gasteiger partial charge in [0.2, 0.25) is 5.78 Å². The number of Topliss-reactive ketones (excluding diaryl/α,β-unsaturated/α-hetero) is 1. The first-order chi connectivity index (χ1) is 11.2. The fourth-order valence-corrected chi connectivity index (χ4v) is 2.65. The first kappa shape index (κ1) is 22.1. The van der Waals surface area contributed by atoms with Crippen molar-refractivity contribution in [2.45, 2.75) is 110 Å². The minimum Gasteiger partial charge on any atom is -0.460 e. The van der Waals surface area contributed by atoms with E-state index >= 15 is 0 Å². The summed E-state index contributed by atoms with van der Waals surface area (Å²) in [6, 6.07) is 0. The van der Waals surface area contributed by atoms with E-state index in [-0.39, 0.29) is 5.78 Å². The Morgan fingerprint density at radius 2 is 1.04 bits per heavy atom. The molecule has 23 heavy (non-hydrogen) atoms. The maximum atomic E-state index is 11.6. The van der Waals surface area contributed by atoms with Gasteiger partial charge in [-0.05, 0) is 12.8 Å². The molecule has 0 saturated carbocycles. The lowest BCUT2D eigenvalue weighted by Gasteiger charge is -2.05. The minimum absolute atomic E-state index is 0.347. The van der Waals surface area contributed by atoms with Crippen LogP contribution in [0.15, 0.2) is 0 Å². The Hall–Kier alpha value is -0.860. The molecule has 0 aromatic rings. The maximum Gasteiger partial charge on any atom is 0.374 e. The second-order valence-corrected chi connectivity index (χ2v) is 6.55. The van der Waals surface area contributed by atoms with Crippen LogP contribution in [-0.4, -0.2) is 18.4 Å². The van der Waals surface area contributed by atoms with Gasteiger partial charge < -0.3 is 4.74 Å². The van der Waals surface area contributed by atoms with Crippen LogP contribution in [0.2, 0.25) is 0 Å². The topological polar surface area (TPSA) is 43.4 Å². The molecular weight excluding hydrogens is 288 g/mol. The molecule has 0 N–H and O–H groups in total. The third kappa shape index (κ3) is 15.8. The average molecular weight is 327 g/mol. The van der Waals surface area contributed by atoms with Crippen LogP contribution in [-0.2, 0) is 14.3 Å². The monoisotopic (exact) mass is 326 g/mol. The van der Waals surface area contributed by atoms with Gasteiger partial charge in [0.1, 0.15) is 0 Å². The van der Waals surface area contributed by atoms with Gasteiger partial charge in [-0.3, -0.25) is 4.79 Å². The fourth-order valence-electron chi connectivity index (χ4n) is 2.65. The number of hydrogen-bond donors (Lipinski definition) is 0. The largest absolute Gasteiger partial charge is 0.460 e. The number of ether oxygens (including phenoxy) is 1. The second kappa shape index (κ2) is 17.5. The smallest absolute Gasteiger partial charge is 0.374 e. The van der Waals surface area contributed by atoms with Gasteiger partial charge in [-0.25, -0.2) is 4.79 Å². The minimum atomic E-state index is -0.624.